The van der Waals surface area contributed by atoms with E-state index in [0.29, 0.717) is 0 Å². The number of benzene rings is 1. The molecule has 0 heterocycles. The van der Waals surface area contributed by atoms with Crippen molar-refractivity contribution >= 4 is 29.4 Å². The van der Waals surface area contributed by atoms with Crippen LogP contribution in [0.5, 0.6) is 0 Å². The third-order valence-electron chi connectivity index (χ3n) is 2.31. The van der Waals surface area contributed by atoms with E-state index in [-0.39, 0.29) is 0 Å². The molecule has 1 nitrogen and oxygen atoms in total. The van der Waals surface area contributed by atoms with E-state index in [1.165, 1.54) is 11.3 Å². The molecular weight excluding hydrogens is 270 g/mol. The molecule has 0 saturated carbocycles. The minimum atomic E-state index is 0.923. The lowest BCUT2D eigenvalue weighted by Gasteiger charge is -2.21. The SMILES string of the molecule is C=C/C=C\SN(CS/C=C\CC)c1cccc(C)c1. The van der Waals surface area contributed by atoms with Gasteiger partial charge >= 0.3 is 0 Å². The van der Waals surface area contributed by atoms with Crippen LogP contribution in [0.2, 0.25) is 0 Å². The van der Waals surface area contributed by atoms with Crippen LogP contribution in [0, 0.1) is 6.92 Å². The van der Waals surface area contributed by atoms with Crippen LogP contribution in [-0.2, 0) is 0 Å². The molecule has 102 valence electrons. The maximum absolute atomic E-state index is 3.70. The number of anilines is 1. The molecule has 19 heavy (non-hydrogen) atoms. The quantitative estimate of drug-likeness (QED) is 0.340. The summed E-state index contributed by atoms with van der Waals surface area (Å²) in [6.07, 6.45) is 7.02. The molecule has 0 bridgehead atoms. The highest BCUT2D eigenvalue weighted by Crippen LogP contribution is 2.26. The summed E-state index contributed by atoms with van der Waals surface area (Å²) >= 11 is 3.50. The van der Waals surface area contributed by atoms with Gasteiger partial charge in [-0.1, -0.05) is 43.9 Å². The average Bonchev–Trinajstić information content (AvgIpc) is 2.41. The molecule has 0 N–H and O–H groups in total. The summed E-state index contributed by atoms with van der Waals surface area (Å²) in [6.45, 7) is 7.97. The number of hydrogen-bond donors (Lipinski definition) is 0. The van der Waals surface area contributed by atoms with E-state index >= 15 is 0 Å². The van der Waals surface area contributed by atoms with Gasteiger partial charge in [0.1, 0.15) is 0 Å². The fraction of sp³-hybridized carbons (Fsp3) is 0.250. The second-order valence-corrected chi connectivity index (χ2v) is 5.75. The smallest absolute Gasteiger partial charge is 0.0793 e. The fourth-order valence-corrected chi connectivity index (χ4v) is 3.08. The minimum Gasteiger partial charge on any atom is -0.302 e. The Hall–Kier alpha value is -1.06. The van der Waals surface area contributed by atoms with E-state index in [0.717, 1.165) is 12.3 Å². The van der Waals surface area contributed by atoms with E-state index in [4.69, 9.17) is 0 Å². The van der Waals surface area contributed by atoms with Crippen LogP contribution in [0.1, 0.15) is 18.9 Å². The number of thioether (sulfide) groups is 1. The molecule has 1 aromatic carbocycles. The Morgan fingerprint density at radius 2 is 2.16 bits per heavy atom. The molecule has 0 spiro atoms. The van der Waals surface area contributed by atoms with Gasteiger partial charge in [0.15, 0.2) is 0 Å². The number of hydrogen-bond acceptors (Lipinski definition) is 3. The zero-order chi connectivity index (χ0) is 13.9. The molecule has 0 atom stereocenters. The van der Waals surface area contributed by atoms with Crippen LogP contribution in [0.4, 0.5) is 5.69 Å². The standard InChI is InChI=1S/C16H21NS2/c1-4-6-11-18-14-17(19-12-7-5-2)16-10-8-9-15(3)13-16/h5-13H,2,4,14H2,1,3H3/b11-6-,12-7-. The van der Waals surface area contributed by atoms with Crippen molar-refractivity contribution in [3.05, 3.63) is 65.5 Å². The van der Waals surface area contributed by atoms with Crippen molar-refractivity contribution in [2.24, 2.45) is 0 Å². The van der Waals surface area contributed by atoms with Crippen LogP contribution < -0.4 is 4.31 Å². The zero-order valence-electron chi connectivity index (χ0n) is 11.6. The van der Waals surface area contributed by atoms with Crippen molar-refractivity contribution in [1.29, 1.82) is 0 Å². The third-order valence-corrected chi connectivity index (χ3v) is 4.14. The van der Waals surface area contributed by atoms with E-state index < -0.39 is 0 Å². The maximum Gasteiger partial charge on any atom is 0.0793 e. The lowest BCUT2D eigenvalue weighted by molar-refractivity contribution is 1.23. The zero-order valence-corrected chi connectivity index (χ0v) is 13.2. The Labute approximate surface area is 125 Å². The van der Waals surface area contributed by atoms with Gasteiger partial charge in [-0.2, -0.15) is 0 Å². The average molecular weight is 291 g/mol. The largest absolute Gasteiger partial charge is 0.302 e. The van der Waals surface area contributed by atoms with Gasteiger partial charge in [0.05, 0.1) is 5.88 Å². The maximum atomic E-state index is 3.70. The lowest BCUT2D eigenvalue weighted by Crippen LogP contribution is -2.11. The first-order valence-electron chi connectivity index (χ1n) is 6.33. The predicted molar refractivity (Wildman–Crippen MR) is 92.5 cm³/mol. The molecule has 0 aliphatic carbocycles. The van der Waals surface area contributed by atoms with Crippen molar-refractivity contribution < 1.29 is 0 Å². The highest BCUT2D eigenvalue weighted by Gasteiger charge is 2.05. The van der Waals surface area contributed by atoms with Crippen molar-refractivity contribution in [2.45, 2.75) is 20.3 Å². The van der Waals surface area contributed by atoms with Gasteiger partial charge < -0.3 is 4.31 Å². The van der Waals surface area contributed by atoms with Gasteiger partial charge in [-0.15, -0.1) is 11.8 Å². The molecule has 1 aromatic rings. The first-order chi connectivity index (χ1) is 9.27. The van der Waals surface area contributed by atoms with Gasteiger partial charge in [-0.05, 0) is 53.8 Å². The summed E-state index contributed by atoms with van der Waals surface area (Å²) in [7, 11) is 0. The Morgan fingerprint density at radius 1 is 1.32 bits per heavy atom. The third kappa shape index (κ3) is 6.60. The Morgan fingerprint density at radius 3 is 2.84 bits per heavy atom. The Balaban J connectivity index is 2.70. The molecule has 0 saturated heterocycles. The summed E-state index contributed by atoms with van der Waals surface area (Å²) in [5.41, 5.74) is 2.51. The summed E-state index contributed by atoms with van der Waals surface area (Å²) in [4.78, 5) is 0. The predicted octanol–water partition coefficient (Wildman–Crippen LogP) is 5.76. The van der Waals surface area contributed by atoms with Gasteiger partial charge in [0, 0.05) is 5.69 Å². The monoisotopic (exact) mass is 291 g/mol. The number of allylic oxidation sites excluding steroid dienone is 3. The van der Waals surface area contributed by atoms with Crippen LogP contribution in [0.15, 0.2) is 59.9 Å². The lowest BCUT2D eigenvalue weighted by atomic mass is 10.2. The fourth-order valence-electron chi connectivity index (χ4n) is 1.39. The van der Waals surface area contributed by atoms with Crippen molar-refractivity contribution in [3.8, 4) is 0 Å². The second kappa shape index (κ2) is 9.82. The number of nitrogens with zero attached hydrogens (tertiary/aromatic N) is 1. The van der Waals surface area contributed by atoms with Crippen LogP contribution in [-0.4, -0.2) is 5.88 Å². The molecule has 0 aromatic heterocycles. The Kier molecular flexibility index (Phi) is 8.26. The van der Waals surface area contributed by atoms with Crippen molar-refractivity contribution in [2.75, 3.05) is 10.2 Å². The van der Waals surface area contributed by atoms with E-state index in [9.17, 15) is 0 Å². The van der Waals surface area contributed by atoms with Gasteiger partial charge in [-0.3, -0.25) is 0 Å². The highest BCUT2D eigenvalue weighted by molar-refractivity contribution is 8.06. The van der Waals surface area contributed by atoms with E-state index in [1.807, 2.05) is 17.8 Å². The van der Waals surface area contributed by atoms with Crippen LogP contribution in [0.25, 0.3) is 0 Å². The van der Waals surface area contributed by atoms with Crippen LogP contribution in [0.3, 0.4) is 0 Å². The molecule has 1 rings (SSSR count). The second-order valence-electron chi connectivity index (χ2n) is 3.96. The minimum absolute atomic E-state index is 0.923. The molecule has 0 fully saturated rings. The molecule has 0 radical (unpaired) electrons. The van der Waals surface area contributed by atoms with Gasteiger partial charge in [-0.25, -0.2) is 0 Å². The summed E-state index contributed by atoms with van der Waals surface area (Å²) in [6, 6.07) is 8.57. The summed E-state index contributed by atoms with van der Waals surface area (Å²) in [5.74, 6) is 0.923. The summed E-state index contributed by atoms with van der Waals surface area (Å²) in [5, 5.41) is 4.22. The number of aryl methyl sites for hydroxylation is 1. The Bertz CT molecular complexity index is 438. The first-order valence-corrected chi connectivity index (χ1v) is 8.21. The topological polar surface area (TPSA) is 3.24 Å². The number of rotatable bonds is 8. The summed E-state index contributed by atoms with van der Waals surface area (Å²) < 4.78 is 2.28. The van der Waals surface area contributed by atoms with Crippen molar-refractivity contribution in [3.63, 3.8) is 0 Å². The molecule has 3 heteroatoms. The van der Waals surface area contributed by atoms with E-state index in [1.54, 1.807) is 18.0 Å². The van der Waals surface area contributed by atoms with Gasteiger partial charge in [0.25, 0.3) is 0 Å². The molecule has 0 aliphatic rings. The molecular formula is C16H21NS2. The van der Waals surface area contributed by atoms with E-state index in [2.05, 4.69) is 65.9 Å². The molecule has 0 aliphatic heterocycles. The molecule has 0 amide bonds. The first kappa shape index (κ1) is 16.0. The van der Waals surface area contributed by atoms with Crippen LogP contribution >= 0.6 is 23.7 Å². The van der Waals surface area contributed by atoms with Gasteiger partial charge in [0.2, 0.25) is 0 Å². The van der Waals surface area contributed by atoms with Crippen molar-refractivity contribution in [1.82, 2.24) is 0 Å². The normalized spacial score (nSPS) is 11.3. The highest BCUT2D eigenvalue weighted by atomic mass is 32.2. The molecule has 0 unspecified atom stereocenters.